The molecule has 158 valence electrons. The van der Waals surface area contributed by atoms with Crippen molar-refractivity contribution in [1.82, 2.24) is 0 Å². The number of fused-ring (bicyclic) bond motifs is 1. The van der Waals surface area contributed by atoms with E-state index >= 15 is 0 Å². The molecule has 0 saturated carbocycles. The monoisotopic (exact) mass is 412 g/mol. The topological polar surface area (TPSA) is 49.4 Å². The van der Waals surface area contributed by atoms with Crippen molar-refractivity contribution in [2.45, 2.75) is 39.0 Å². The van der Waals surface area contributed by atoms with E-state index in [-0.39, 0.29) is 17.2 Å². The molecule has 0 unspecified atom stereocenters. The second-order valence-electron chi connectivity index (χ2n) is 9.05. The van der Waals surface area contributed by atoms with Crippen LogP contribution in [0.15, 0.2) is 72.8 Å². The molecule has 2 amide bonds. The number of aryl methyl sites for hydroxylation is 1. The Hall–Kier alpha value is -3.40. The molecule has 0 aliphatic carbocycles. The Morgan fingerprint density at radius 2 is 1.58 bits per heavy atom. The largest absolute Gasteiger partial charge is 0.322 e. The van der Waals surface area contributed by atoms with Crippen LogP contribution in [0.1, 0.15) is 59.0 Å². The van der Waals surface area contributed by atoms with Gasteiger partial charge >= 0.3 is 0 Å². The van der Waals surface area contributed by atoms with E-state index in [1.54, 1.807) is 0 Å². The predicted octanol–water partition coefficient (Wildman–Crippen LogP) is 5.83. The van der Waals surface area contributed by atoms with Crippen LogP contribution in [0, 0.1) is 0 Å². The van der Waals surface area contributed by atoms with Gasteiger partial charge in [-0.3, -0.25) is 9.59 Å². The fourth-order valence-corrected chi connectivity index (χ4v) is 3.95. The molecular formula is C27H28N2O2. The number of nitrogens with zero attached hydrogens (tertiary/aromatic N) is 1. The second-order valence-corrected chi connectivity index (χ2v) is 9.05. The van der Waals surface area contributed by atoms with Gasteiger partial charge in [0.25, 0.3) is 11.8 Å². The zero-order chi connectivity index (χ0) is 22.0. The Kier molecular flexibility index (Phi) is 5.64. The van der Waals surface area contributed by atoms with Crippen molar-refractivity contribution in [3.05, 3.63) is 95.1 Å². The zero-order valence-electron chi connectivity index (χ0n) is 18.3. The van der Waals surface area contributed by atoms with Crippen molar-refractivity contribution in [1.29, 1.82) is 0 Å². The number of hydrogen-bond acceptors (Lipinski definition) is 2. The maximum Gasteiger partial charge on any atom is 0.258 e. The molecule has 31 heavy (non-hydrogen) atoms. The SMILES string of the molecule is CC(C)(C)c1ccc(C(=O)Nc2ccc3c(c2)CCCN3C(=O)c2ccccc2)cc1. The Morgan fingerprint density at radius 1 is 0.871 bits per heavy atom. The van der Waals surface area contributed by atoms with Gasteiger partial charge in [0.1, 0.15) is 0 Å². The number of anilines is 2. The summed E-state index contributed by atoms with van der Waals surface area (Å²) in [4.78, 5) is 27.5. The van der Waals surface area contributed by atoms with Crippen molar-refractivity contribution in [2.75, 3.05) is 16.8 Å². The number of rotatable bonds is 3. The van der Waals surface area contributed by atoms with Crippen LogP contribution in [-0.2, 0) is 11.8 Å². The summed E-state index contributed by atoms with van der Waals surface area (Å²) in [6, 6.07) is 22.9. The summed E-state index contributed by atoms with van der Waals surface area (Å²) < 4.78 is 0. The van der Waals surface area contributed by atoms with Crippen LogP contribution < -0.4 is 10.2 Å². The third-order valence-electron chi connectivity index (χ3n) is 5.74. The lowest BCUT2D eigenvalue weighted by molar-refractivity contribution is 0.0983. The van der Waals surface area contributed by atoms with Gasteiger partial charge in [-0.05, 0) is 71.8 Å². The number of benzene rings is 3. The van der Waals surface area contributed by atoms with Gasteiger partial charge in [0.15, 0.2) is 0 Å². The summed E-state index contributed by atoms with van der Waals surface area (Å²) in [5.41, 5.74) is 5.32. The number of nitrogens with one attached hydrogen (secondary N) is 1. The molecule has 4 rings (SSSR count). The van der Waals surface area contributed by atoms with Crippen molar-refractivity contribution in [2.24, 2.45) is 0 Å². The summed E-state index contributed by atoms with van der Waals surface area (Å²) in [6.07, 6.45) is 1.79. The van der Waals surface area contributed by atoms with Gasteiger partial charge in [-0.25, -0.2) is 0 Å². The first-order valence-electron chi connectivity index (χ1n) is 10.7. The lowest BCUT2D eigenvalue weighted by atomic mass is 9.87. The minimum Gasteiger partial charge on any atom is -0.322 e. The Bertz CT molecular complexity index is 1100. The van der Waals surface area contributed by atoms with Crippen LogP contribution in [0.25, 0.3) is 0 Å². The van der Waals surface area contributed by atoms with E-state index < -0.39 is 0 Å². The predicted molar refractivity (Wildman–Crippen MR) is 126 cm³/mol. The van der Waals surface area contributed by atoms with Crippen LogP contribution >= 0.6 is 0 Å². The average Bonchev–Trinajstić information content (AvgIpc) is 2.78. The number of amides is 2. The number of carbonyl (C=O) groups is 2. The molecule has 1 aliphatic rings. The van der Waals surface area contributed by atoms with Crippen molar-refractivity contribution >= 4 is 23.2 Å². The van der Waals surface area contributed by atoms with Crippen LogP contribution in [-0.4, -0.2) is 18.4 Å². The molecule has 3 aromatic carbocycles. The molecular weight excluding hydrogens is 384 g/mol. The molecule has 4 nitrogen and oxygen atoms in total. The van der Waals surface area contributed by atoms with E-state index in [0.29, 0.717) is 17.7 Å². The first kappa shape index (κ1) is 20.9. The number of carbonyl (C=O) groups excluding carboxylic acids is 2. The zero-order valence-corrected chi connectivity index (χ0v) is 18.3. The summed E-state index contributed by atoms with van der Waals surface area (Å²) in [6.45, 7) is 7.16. The molecule has 0 fully saturated rings. The third kappa shape index (κ3) is 4.53. The summed E-state index contributed by atoms with van der Waals surface area (Å²) in [5.74, 6) is -0.120. The van der Waals surface area contributed by atoms with Gasteiger partial charge in [0, 0.05) is 29.0 Å². The third-order valence-corrected chi connectivity index (χ3v) is 5.74. The van der Waals surface area contributed by atoms with Gasteiger partial charge in [-0.1, -0.05) is 51.1 Å². The lowest BCUT2D eigenvalue weighted by Gasteiger charge is -2.30. The Balaban J connectivity index is 1.52. The highest BCUT2D eigenvalue weighted by Crippen LogP contribution is 2.31. The van der Waals surface area contributed by atoms with Gasteiger partial charge < -0.3 is 10.2 Å². The molecule has 1 heterocycles. The highest BCUT2D eigenvalue weighted by atomic mass is 16.2. The smallest absolute Gasteiger partial charge is 0.258 e. The Labute approximate surface area is 183 Å². The highest BCUT2D eigenvalue weighted by Gasteiger charge is 2.24. The standard InChI is InChI=1S/C27H28N2O2/c1-27(2,3)22-13-11-19(12-14-22)25(30)28-23-15-16-24-21(18-23)10-7-17-29(24)26(31)20-8-5-4-6-9-20/h4-6,8-9,11-16,18H,7,10,17H2,1-3H3,(H,28,30). The summed E-state index contributed by atoms with van der Waals surface area (Å²) in [5, 5.41) is 3.00. The molecule has 0 bridgehead atoms. The minimum absolute atomic E-state index is 0.0114. The van der Waals surface area contributed by atoms with Crippen LogP contribution in [0.5, 0.6) is 0 Å². The lowest BCUT2D eigenvalue weighted by Crippen LogP contribution is -2.35. The van der Waals surface area contributed by atoms with Crippen molar-refractivity contribution in [3.8, 4) is 0 Å². The maximum absolute atomic E-state index is 13.0. The fourth-order valence-electron chi connectivity index (χ4n) is 3.95. The normalized spacial score (nSPS) is 13.5. The number of hydrogen-bond donors (Lipinski definition) is 1. The molecule has 1 aliphatic heterocycles. The fraction of sp³-hybridized carbons (Fsp3) is 0.259. The van der Waals surface area contributed by atoms with E-state index in [1.807, 2.05) is 77.7 Å². The average molecular weight is 413 g/mol. The molecule has 3 aromatic rings. The quantitative estimate of drug-likeness (QED) is 0.588. The van der Waals surface area contributed by atoms with E-state index in [4.69, 9.17) is 0 Å². The van der Waals surface area contributed by atoms with Gasteiger partial charge in [-0.15, -0.1) is 0 Å². The Morgan fingerprint density at radius 3 is 2.26 bits per heavy atom. The molecule has 1 N–H and O–H groups in total. The van der Waals surface area contributed by atoms with Crippen molar-refractivity contribution in [3.63, 3.8) is 0 Å². The molecule has 0 spiro atoms. The van der Waals surface area contributed by atoms with Crippen LogP contribution in [0.4, 0.5) is 11.4 Å². The van der Waals surface area contributed by atoms with E-state index in [1.165, 1.54) is 5.56 Å². The minimum atomic E-state index is -0.131. The second kappa shape index (κ2) is 8.38. The molecule has 0 saturated heterocycles. The molecule has 0 radical (unpaired) electrons. The summed E-state index contributed by atoms with van der Waals surface area (Å²) in [7, 11) is 0. The maximum atomic E-state index is 13.0. The summed E-state index contributed by atoms with van der Waals surface area (Å²) >= 11 is 0. The van der Waals surface area contributed by atoms with Gasteiger partial charge in [-0.2, -0.15) is 0 Å². The van der Waals surface area contributed by atoms with E-state index in [0.717, 1.165) is 29.8 Å². The molecule has 0 atom stereocenters. The van der Waals surface area contributed by atoms with Crippen LogP contribution in [0.2, 0.25) is 0 Å². The van der Waals surface area contributed by atoms with E-state index in [9.17, 15) is 9.59 Å². The van der Waals surface area contributed by atoms with Crippen molar-refractivity contribution < 1.29 is 9.59 Å². The first-order valence-corrected chi connectivity index (χ1v) is 10.7. The van der Waals surface area contributed by atoms with Crippen LogP contribution in [0.3, 0.4) is 0 Å². The van der Waals surface area contributed by atoms with Gasteiger partial charge in [0.05, 0.1) is 0 Å². The van der Waals surface area contributed by atoms with E-state index in [2.05, 4.69) is 26.1 Å². The van der Waals surface area contributed by atoms with Gasteiger partial charge in [0.2, 0.25) is 0 Å². The highest BCUT2D eigenvalue weighted by molar-refractivity contribution is 6.07. The molecule has 4 heteroatoms. The molecule has 0 aromatic heterocycles. The first-order chi connectivity index (χ1) is 14.8.